The zero-order valence-corrected chi connectivity index (χ0v) is 19.2. The van der Waals surface area contributed by atoms with Gasteiger partial charge in [-0.05, 0) is 35.9 Å². The lowest BCUT2D eigenvalue weighted by atomic mass is 10.2. The number of benzene rings is 2. The monoisotopic (exact) mass is 512 g/mol. The van der Waals surface area contributed by atoms with E-state index in [1.54, 1.807) is 18.2 Å². The number of hydrogen-bond donors (Lipinski definition) is 3. The summed E-state index contributed by atoms with van der Waals surface area (Å²) in [5, 5.41) is 5.20. The highest BCUT2D eigenvalue weighted by atomic mass is 32.2. The van der Waals surface area contributed by atoms with Crippen molar-refractivity contribution in [2.24, 2.45) is 5.73 Å². The molecule has 2 aromatic carbocycles. The predicted molar refractivity (Wildman–Crippen MR) is 122 cm³/mol. The van der Waals surface area contributed by atoms with E-state index >= 15 is 0 Å². The van der Waals surface area contributed by atoms with Gasteiger partial charge in [-0.1, -0.05) is 12.1 Å². The number of nitrogens with zero attached hydrogens (tertiary/aromatic N) is 3. The maximum absolute atomic E-state index is 13.7. The molecular formula is C21H20F4N6O3S. The average molecular weight is 512 g/mol. The molecule has 0 bridgehead atoms. The van der Waals surface area contributed by atoms with Crippen molar-refractivity contribution in [1.29, 1.82) is 0 Å². The summed E-state index contributed by atoms with van der Waals surface area (Å²) in [6, 6.07) is 9.50. The van der Waals surface area contributed by atoms with Crippen LogP contribution in [-0.4, -0.2) is 37.6 Å². The number of hydrogen-bond acceptors (Lipinski definition) is 7. The molecule has 0 unspecified atom stereocenters. The summed E-state index contributed by atoms with van der Waals surface area (Å²) in [4.78, 5) is 18.9. The predicted octanol–water partition coefficient (Wildman–Crippen LogP) is 3.48. The van der Waals surface area contributed by atoms with Gasteiger partial charge in [-0.15, -0.1) is 0 Å². The van der Waals surface area contributed by atoms with Crippen LogP contribution in [0.1, 0.15) is 21.5 Å². The molecule has 4 N–H and O–H groups in total. The van der Waals surface area contributed by atoms with Crippen molar-refractivity contribution in [2.75, 3.05) is 28.2 Å². The van der Waals surface area contributed by atoms with Crippen LogP contribution in [0.2, 0.25) is 0 Å². The number of halogens is 4. The smallest absolute Gasteiger partial charge is 0.366 e. The van der Waals surface area contributed by atoms with Gasteiger partial charge in [0.25, 0.3) is 5.91 Å². The minimum atomic E-state index is -4.77. The minimum Gasteiger partial charge on any atom is -0.366 e. The van der Waals surface area contributed by atoms with E-state index in [9.17, 15) is 30.8 Å². The normalized spacial score (nSPS) is 11.7. The molecule has 0 atom stereocenters. The highest BCUT2D eigenvalue weighted by molar-refractivity contribution is 7.92. The van der Waals surface area contributed by atoms with E-state index in [1.165, 1.54) is 19.2 Å². The number of primary amides is 1. The van der Waals surface area contributed by atoms with Crippen LogP contribution in [-0.2, 0) is 22.7 Å². The lowest BCUT2D eigenvalue weighted by Crippen LogP contribution is -2.24. The molecular weight excluding hydrogens is 492 g/mol. The highest BCUT2D eigenvalue weighted by Crippen LogP contribution is 2.34. The summed E-state index contributed by atoms with van der Waals surface area (Å²) in [7, 11) is -2.18. The third kappa shape index (κ3) is 6.35. The first-order valence-corrected chi connectivity index (χ1v) is 11.7. The Kier molecular flexibility index (Phi) is 7.14. The maximum Gasteiger partial charge on any atom is 0.421 e. The highest BCUT2D eigenvalue weighted by Gasteiger charge is 2.35. The van der Waals surface area contributed by atoms with Crippen LogP contribution in [0.15, 0.2) is 48.7 Å². The fourth-order valence-corrected chi connectivity index (χ4v) is 3.44. The Morgan fingerprint density at radius 1 is 1.17 bits per heavy atom. The first-order chi connectivity index (χ1) is 16.3. The van der Waals surface area contributed by atoms with Gasteiger partial charge >= 0.3 is 6.18 Å². The fourth-order valence-electron chi connectivity index (χ4n) is 2.94. The average Bonchev–Trinajstić information content (AvgIpc) is 2.77. The molecule has 0 aliphatic carbocycles. The zero-order chi connectivity index (χ0) is 26.0. The summed E-state index contributed by atoms with van der Waals surface area (Å²) < 4.78 is 78.8. The van der Waals surface area contributed by atoms with Gasteiger partial charge in [-0.3, -0.25) is 9.10 Å². The molecule has 3 aromatic rings. The number of sulfonamides is 1. The van der Waals surface area contributed by atoms with E-state index in [4.69, 9.17) is 5.73 Å². The van der Waals surface area contributed by atoms with Crippen LogP contribution in [0.25, 0.3) is 0 Å². The molecule has 1 heterocycles. The Hall–Kier alpha value is -3.94. The van der Waals surface area contributed by atoms with Crippen LogP contribution in [0.4, 0.5) is 40.7 Å². The number of nitrogens with two attached hydrogens (primary N) is 1. The van der Waals surface area contributed by atoms with Gasteiger partial charge in [0.05, 0.1) is 17.5 Å². The van der Waals surface area contributed by atoms with E-state index < -0.39 is 44.9 Å². The zero-order valence-electron chi connectivity index (χ0n) is 18.4. The third-order valence-electron chi connectivity index (χ3n) is 4.81. The Labute approximate surface area is 198 Å². The number of alkyl halides is 3. The first-order valence-electron chi connectivity index (χ1n) is 9.83. The van der Waals surface area contributed by atoms with Crippen LogP contribution in [0.3, 0.4) is 0 Å². The molecule has 0 saturated heterocycles. The van der Waals surface area contributed by atoms with Crippen molar-refractivity contribution in [3.8, 4) is 0 Å². The van der Waals surface area contributed by atoms with Crippen molar-refractivity contribution >= 4 is 39.1 Å². The van der Waals surface area contributed by atoms with E-state index in [2.05, 4.69) is 20.6 Å². The topological polar surface area (TPSA) is 130 Å². The van der Waals surface area contributed by atoms with Crippen molar-refractivity contribution in [1.82, 2.24) is 9.97 Å². The molecule has 1 aromatic heterocycles. The van der Waals surface area contributed by atoms with Crippen LogP contribution < -0.4 is 20.7 Å². The van der Waals surface area contributed by atoms with Gasteiger partial charge in [0.15, 0.2) is 0 Å². The third-order valence-corrected chi connectivity index (χ3v) is 6.02. The molecule has 186 valence electrons. The lowest BCUT2D eigenvalue weighted by Gasteiger charge is -2.18. The summed E-state index contributed by atoms with van der Waals surface area (Å²) >= 11 is 0. The summed E-state index contributed by atoms with van der Waals surface area (Å²) in [5.74, 6) is -2.68. The van der Waals surface area contributed by atoms with Crippen molar-refractivity contribution in [2.45, 2.75) is 12.7 Å². The Morgan fingerprint density at radius 2 is 1.89 bits per heavy atom. The molecule has 0 fully saturated rings. The van der Waals surface area contributed by atoms with Gasteiger partial charge in [0.2, 0.25) is 16.0 Å². The number of carbonyl (C=O) groups excluding carboxylic acids is 1. The van der Waals surface area contributed by atoms with Gasteiger partial charge in [-0.25, -0.2) is 17.8 Å². The van der Waals surface area contributed by atoms with Gasteiger partial charge in [0.1, 0.15) is 17.2 Å². The molecule has 1 amide bonds. The molecule has 0 spiro atoms. The van der Waals surface area contributed by atoms with Crippen LogP contribution in [0, 0.1) is 5.82 Å². The second-order valence-electron chi connectivity index (χ2n) is 7.39. The molecule has 14 heteroatoms. The summed E-state index contributed by atoms with van der Waals surface area (Å²) in [6.07, 6.45) is -3.17. The number of amides is 1. The number of nitrogens with one attached hydrogen (secondary N) is 2. The van der Waals surface area contributed by atoms with E-state index in [-0.39, 0.29) is 18.2 Å². The second-order valence-corrected chi connectivity index (χ2v) is 9.41. The van der Waals surface area contributed by atoms with Crippen molar-refractivity contribution < 1.29 is 30.8 Å². The Bertz CT molecular complexity index is 1370. The van der Waals surface area contributed by atoms with Crippen molar-refractivity contribution in [3.05, 3.63) is 71.2 Å². The standard InChI is InChI=1S/C21H20F4N6O3S/c1-31(35(2,33)34)14-5-3-4-12(8-14)10-27-19-16(21(23,24)25)11-28-20(30-19)29-13-6-7-17(22)15(9-13)18(26)32/h3-9,11H,10H2,1-2H3,(H2,26,32)(H2,27,28,29,30). The molecule has 3 rings (SSSR count). The number of aromatic nitrogens is 2. The maximum atomic E-state index is 13.7. The SMILES string of the molecule is CN(c1cccc(CNc2nc(Nc3ccc(F)c(C(N)=O)c3)ncc2C(F)(F)F)c1)S(C)(=O)=O. The number of carbonyl (C=O) groups is 1. The van der Waals surface area contributed by atoms with E-state index in [0.29, 0.717) is 17.4 Å². The molecule has 9 nitrogen and oxygen atoms in total. The Balaban J connectivity index is 1.88. The van der Waals surface area contributed by atoms with Gasteiger partial charge < -0.3 is 16.4 Å². The molecule has 0 aliphatic rings. The quantitative estimate of drug-likeness (QED) is 0.394. The lowest BCUT2D eigenvalue weighted by molar-refractivity contribution is -0.137. The fraction of sp³-hybridized carbons (Fsp3) is 0.190. The summed E-state index contributed by atoms with van der Waals surface area (Å²) in [5.41, 5.74) is 4.50. The van der Waals surface area contributed by atoms with Crippen molar-refractivity contribution in [3.63, 3.8) is 0 Å². The molecule has 0 saturated carbocycles. The number of rotatable bonds is 8. The molecule has 0 radical (unpaired) electrons. The van der Waals surface area contributed by atoms with E-state index in [1.807, 2.05) is 0 Å². The van der Waals surface area contributed by atoms with Gasteiger partial charge in [-0.2, -0.15) is 18.2 Å². The van der Waals surface area contributed by atoms with Gasteiger partial charge in [0, 0.05) is 25.5 Å². The largest absolute Gasteiger partial charge is 0.421 e. The minimum absolute atomic E-state index is 0.118. The number of anilines is 4. The second kappa shape index (κ2) is 9.74. The van der Waals surface area contributed by atoms with E-state index in [0.717, 1.165) is 22.7 Å². The first kappa shape index (κ1) is 25.7. The van der Waals surface area contributed by atoms with Crippen LogP contribution >= 0.6 is 0 Å². The summed E-state index contributed by atoms with van der Waals surface area (Å²) in [6.45, 7) is -0.118. The molecule has 35 heavy (non-hydrogen) atoms. The molecule has 0 aliphatic heterocycles. The Morgan fingerprint density at radius 3 is 2.51 bits per heavy atom. The van der Waals surface area contributed by atoms with Crippen LogP contribution in [0.5, 0.6) is 0 Å².